The fraction of sp³-hybridized carbons (Fsp3) is 0.185. The number of halogens is 2. The number of carbonyl (C=O) groups is 2. The standard InChI is InChI=1S/C27H23ClFN3O2S/c1-30-23-17-19(26(33)32-13-11-31(12-14-32)22-8-6-21(29)7-9-22)5-10-24(23)35-25(27(30)34)16-18-3-2-4-20(28)15-18/h2-10,15-17H,11-14H2,1H3. The first-order chi connectivity index (χ1) is 16.9. The summed E-state index contributed by atoms with van der Waals surface area (Å²) in [6.45, 7) is 2.50. The van der Waals surface area contributed by atoms with Crippen LogP contribution < -0.4 is 9.80 Å². The number of carbonyl (C=O) groups excluding carboxylic acids is 2. The van der Waals surface area contributed by atoms with Gasteiger partial charge in [-0.15, -0.1) is 0 Å². The molecule has 1 saturated heterocycles. The van der Waals surface area contributed by atoms with Crippen molar-refractivity contribution in [1.82, 2.24) is 4.90 Å². The fourth-order valence-electron chi connectivity index (χ4n) is 4.28. The molecule has 0 saturated carbocycles. The Morgan fingerprint density at radius 2 is 1.74 bits per heavy atom. The van der Waals surface area contributed by atoms with Crippen LogP contribution in [0.4, 0.5) is 15.8 Å². The molecule has 0 bridgehead atoms. The molecule has 35 heavy (non-hydrogen) atoms. The molecule has 2 aliphatic rings. The normalized spacial score (nSPS) is 17.1. The maximum atomic E-state index is 13.2. The number of thioether (sulfide) groups is 1. The summed E-state index contributed by atoms with van der Waals surface area (Å²) >= 11 is 7.47. The van der Waals surface area contributed by atoms with Gasteiger partial charge in [0.15, 0.2) is 0 Å². The zero-order chi connectivity index (χ0) is 24.5. The molecule has 0 radical (unpaired) electrons. The fourth-order valence-corrected chi connectivity index (χ4v) is 5.57. The van der Waals surface area contributed by atoms with E-state index in [-0.39, 0.29) is 17.6 Å². The van der Waals surface area contributed by atoms with Crippen LogP contribution in [0.15, 0.2) is 76.5 Å². The Bertz CT molecular complexity index is 1320. The lowest BCUT2D eigenvalue weighted by Gasteiger charge is -2.36. The molecule has 2 heterocycles. The summed E-state index contributed by atoms with van der Waals surface area (Å²) in [6.07, 6.45) is 1.83. The van der Waals surface area contributed by atoms with Crippen molar-refractivity contribution in [3.8, 4) is 0 Å². The van der Waals surface area contributed by atoms with E-state index >= 15 is 0 Å². The van der Waals surface area contributed by atoms with Crippen molar-refractivity contribution >= 4 is 52.6 Å². The van der Waals surface area contributed by atoms with Crippen molar-refractivity contribution < 1.29 is 14.0 Å². The van der Waals surface area contributed by atoms with Gasteiger partial charge in [-0.2, -0.15) is 0 Å². The van der Waals surface area contributed by atoms with Gasteiger partial charge < -0.3 is 14.7 Å². The number of amides is 2. The lowest BCUT2D eigenvalue weighted by molar-refractivity contribution is -0.114. The first kappa shape index (κ1) is 23.5. The van der Waals surface area contributed by atoms with E-state index in [1.165, 1.54) is 23.9 Å². The van der Waals surface area contributed by atoms with E-state index in [1.807, 2.05) is 41.3 Å². The summed E-state index contributed by atoms with van der Waals surface area (Å²) < 4.78 is 13.2. The Morgan fingerprint density at radius 3 is 2.46 bits per heavy atom. The maximum absolute atomic E-state index is 13.2. The third kappa shape index (κ3) is 4.92. The Balaban J connectivity index is 1.30. The van der Waals surface area contributed by atoms with Gasteiger partial charge in [0.2, 0.25) is 0 Å². The molecule has 178 valence electrons. The van der Waals surface area contributed by atoms with Gasteiger partial charge in [-0.05, 0) is 66.2 Å². The number of likely N-dealkylation sites (N-methyl/N-ethyl adjacent to an activating group) is 1. The van der Waals surface area contributed by atoms with Gasteiger partial charge in [-0.3, -0.25) is 9.59 Å². The number of hydrogen-bond acceptors (Lipinski definition) is 4. The van der Waals surface area contributed by atoms with Gasteiger partial charge in [-0.1, -0.05) is 35.5 Å². The molecule has 3 aromatic carbocycles. The highest BCUT2D eigenvalue weighted by Gasteiger charge is 2.29. The van der Waals surface area contributed by atoms with Gasteiger partial charge in [-0.25, -0.2) is 4.39 Å². The van der Waals surface area contributed by atoms with E-state index in [4.69, 9.17) is 11.6 Å². The molecule has 0 N–H and O–H groups in total. The highest BCUT2D eigenvalue weighted by atomic mass is 35.5. The van der Waals surface area contributed by atoms with E-state index in [2.05, 4.69) is 4.90 Å². The Morgan fingerprint density at radius 1 is 1.00 bits per heavy atom. The third-order valence-corrected chi connectivity index (χ3v) is 7.52. The van der Waals surface area contributed by atoms with Crippen molar-refractivity contribution in [2.75, 3.05) is 43.0 Å². The quantitative estimate of drug-likeness (QED) is 0.436. The van der Waals surface area contributed by atoms with Crippen molar-refractivity contribution in [3.63, 3.8) is 0 Å². The number of anilines is 2. The van der Waals surface area contributed by atoms with Crippen LogP contribution in [0.5, 0.6) is 0 Å². The summed E-state index contributed by atoms with van der Waals surface area (Å²) in [5.74, 6) is -0.443. The molecule has 2 amide bonds. The van der Waals surface area contributed by atoms with Crippen LogP contribution in [0, 0.1) is 5.82 Å². The second-order valence-electron chi connectivity index (χ2n) is 8.47. The first-order valence-electron chi connectivity index (χ1n) is 11.3. The maximum Gasteiger partial charge on any atom is 0.264 e. The second-order valence-corrected chi connectivity index (χ2v) is 9.99. The highest BCUT2D eigenvalue weighted by Crippen LogP contribution is 2.42. The van der Waals surface area contributed by atoms with Crippen molar-refractivity contribution in [2.45, 2.75) is 4.90 Å². The van der Waals surface area contributed by atoms with Gasteiger partial charge in [0.1, 0.15) is 5.82 Å². The predicted octanol–water partition coefficient (Wildman–Crippen LogP) is 5.55. The zero-order valence-corrected chi connectivity index (χ0v) is 20.7. The van der Waals surface area contributed by atoms with Crippen LogP contribution in [0.25, 0.3) is 6.08 Å². The number of nitrogens with zero attached hydrogens (tertiary/aromatic N) is 3. The summed E-state index contributed by atoms with van der Waals surface area (Å²) in [6, 6.07) is 19.3. The molecule has 3 aromatic rings. The van der Waals surface area contributed by atoms with Crippen LogP contribution in [-0.2, 0) is 4.79 Å². The monoisotopic (exact) mass is 507 g/mol. The molecule has 0 spiro atoms. The van der Waals surface area contributed by atoms with Crippen LogP contribution in [0.1, 0.15) is 15.9 Å². The van der Waals surface area contributed by atoms with E-state index in [1.54, 1.807) is 36.2 Å². The lowest BCUT2D eigenvalue weighted by atomic mass is 10.1. The molecule has 1 fully saturated rings. The zero-order valence-electron chi connectivity index (χ0n) is 19.1. The average molecular weight is 508 g/mol. The van der Waals surface area contributed by atoms with Crippen LogP contribution in [0.2, 0.25) is 5.02 Å². The summed E-state index contributed by atoms with van der Waals surface area (Å²) in [5.41, 5.74) is 3.09. The van der Waals surface area contributed by atoms with E-state index < -0.39 is 0 Å². The summed E-state index contributed by atoms with van der Waals surface area (Å²) in [7, 11) is 1.72. The van der Waals surface area contributed by atoms with Crippen molar-refractivity contribution in [3.05, 3.63) is 93.6 Å². The topological polar surface area (TPSA) is 43.9 Å². The van der Waals surface area contributed by atoms with E-state index in [0.717, 1.165) is 21.8 Å². The molecule has 5 rings (SSSR count). The molecular formula is C27H23ClFN3O2S. The molecule has 0 unspecified atom stereocenters. The first-order valence-corrected chi connectivity index (χ1v) is 12.5. The molecule has 0 aliphatic carbocycles. The smallest absolute Gasteiger partial charge is 0.264 e. The van der Waals surface area contributed by atoms with Gasteiger partial charge in [0, 0.05) is 54.4 Å². The lowest BCUT2D eigenvalue weighted by Crippen LogP contribution is -2.48. The SMILES string of the molecule is CN1C(=O)C(=Cc2cccc(Cl)c2)Sc2ccc(C(=O)N3CCN(c4ccc(F)cc4)CC3)cc21. The van der Waals surface area contributed by atoms with E-state index in [0.29, 0.717) is 41.7 Å². The third-order valence-electron chi connectivity index (χ3n) is 6.21. The van der Waals surface area contributed by atoms with E-state index in [9.17, 15) is 14.0 Å². The minimum atomic E-state index is -0.260. The minimum absolute atomic E-state index is 0.0577. The molecule has 5 nitrogen and oxygen atoms in total. The second kappa shape index (κ2) is 9.76. The summed E-state index contributed by atoms with van der Waals surface area (Å²) in [4.78, 5) is 33.3. The van der Waals surface area contributed by atoms with Gasteiger partial charge >= 0.3 is 0 Å². The van der Waals surface area contributed by atoms with Crippen molar-refractivity contribution in [2.24, 2.45) is 0 Å². The summed E-state index contributed by atoms with van der Waals surface area (Å²) in [5, 5.41) is 0.614. The predicted molar refractivity (Wildman–Crippen MR) is 140 cm³/mol. The molecule has 0 atom stereocenters. The van der Waals surface area contributed by atoms with Gasteiger partial charge in [0.05, 0.1) is 10.6 Å². The Kier molecular flexibility index (Phi) is 6.54. The number of rotatable bonds is 3. The molecule has 8 heteroatoms. The Hall–Kier alpha value is -3.29. The number of hydrogen-bond donors (Lipinski definition) is 0. The molecule has 0 aromatic heterocycles. The number of piperazine rings is 1. The van der Waals surface area contributed by atoms with Crippen LogP contribution in [-0.4, -0.2) is 49.9 Å². The van der Waals surface area contributed by atoms with Crippen molar-refractivity contribution in [1.29, 1.82) is 0 Å². The molecule has 2 aliphatic heterocycles. The van der Waals surface area contributed by atoms with Gasteiger partial charge in [0.25, 0.3) is 11.8 Å². The van der Waals surface area contributed by atoms with Crippen LogP contribution >= 0.6 is 23.4 Å². The largest absolute Gasteiger partial charge is 0.368 e. The van der Waals surface area contributed by atoms with Crippen LogP contribution in [0.3, 0.4) is 0 Å². The number of fused-ring (bicyclic) bond motifs is 1. The Labute approximate surface area is 212 Å². The number of benzene rings is 3. The highest BCUT2D eigenvalue weighted by molar-refractivity contribution is 8.04. The molecular weight excluding hydrogens is 485 g/mol. The minimum Gasteiger partial charge on any atom is -0.368 e. The average Bonchev–Trinajstić information content (AvgIpc) is 2.87.